The molecular formula is C14H22N2O2. The number of amides is 1. The molecule has 0 saturated heterocycles. The van der Waals surface area contributed by atoms with Crippen LogP contribution < -0.4 is 11.3 Å². The van der Waals surface area contributed by atoms with E-state index in [9.17, 15) is 9.90 Å². The summed E-state index contributed by atoms with van der Waals surface area (Å²) in [6, 6.07) is 3.70. The maximum atomic E-state index is 11.6. The quantitative estimate of drug-likeness (QED) is 0.427. The normalized spacial score (nSPS) is 13.2. The lowest BCUT2D eigenvalue weighted by Crippen LogP contribution is -2.33. The predicted octanol–water partition coefficient (Wildman–Crippen LogP) is 2.09. The highest BCUT2D eigenvalue weighted by Gasteiger charge is 2.23. The number of benzene rings is 1. The molecule has 0 aliphatic rings. The van der Waals surface area contributed by atoms with Crippen molar-refractivity contribution in [3.63, 3.8) is 0 Å². The molecule has 0 heterocycles. The van der Waals surface area contributed by atoms with Crippen LogP contribution in [0, 0.1) is 6.92 Å². The van der Waals surface area contributed by atoms with E-state index in [1.165, 1.54) is 0 Å². The third-order valence-corrected chi connectivity index (χ3v) is 3.17. The Kier molecular flexibility index (Phi) is 4.02. The van der Waals surface area contributed by atoms with Crippen LogP contribution in [0.25, 0.3) is 0 Å². The first-order chi connectivity index (χ1) is 8.18. The molecular weight excluding hydrogens is 228 g/mol. The van der Waals surface area contributed by atoms with Gasteiger partial charge in [-0.05, 0) is 36.0 Å². The van der Waals surface area contributed by atoms with Crippen molar-refractivity contribution in [2.75, 3.05) is 0 Å². The van der Waals surface area contributed by atoms with Gasteiger partial charge in [0.1, 0.15) is 5.75 Å². The summed E-state index contributed by atoms with van der Waals surface area (Å²) >= 11 is 0. The van der Waals surface area contributed by atoms with Gasteiger partial charge in [0.2, 0.25) is 5.91 Å². The molecule has 0 bridgehead atoms. The molecule has 0 aliphatic carbocycles. The number of hydrogen-bond acceptors (Lipinski definition) is 3. The zero-order chi connectivity index (χ0) is 14.1. The highest BCUT2D eigenvalue weighted by atomic mass is 16.3. The summed E-state index contributed by atoms with van der Waals surface area (Å²) in [6.45, 7) is 9.71. The third-order valence-electron chi connectivity index (χ3n) is 3.17. The van der Waals surface area contributed by atoms with Crippen LogP contribution >= 0.6 is 0 Å². The maximum absolute atomic E-state index is 11.6. The molecule has 0 spiro atoms. The van der Waals surface area contributed by atoms with Gasteiger partial charge >= 0.3 is 0 Å². The highest BCUT2D eigenvalue weighted by Crippen LogP contribution is 2.35. The van der Waals surface area contributed by atoms with Gasteiger partial charge in [-0.3, -0.25) is 10.2 Å². The van der Waals surface area contributed by atoms with E-state index in [4.69, 9.17) is 5.84 Å². The summed E-state index contributed by atoms with van der Waals surface area (Å²) in [4.78, 5) is 11.6. The van der Waals surface area contributed by atoms with Crippen LogP contribution in [-0.4, -0.2) is 11.0 Å². The molecule has 0 aliphatic heterocycles. The van der Waals surface area contributed by atoms with E-state index in [0.29, 0.717) is 5.75 Å². The predicted molar refractivity (Wildman–Crippen MR) is 72.3 cm³/mol. The standard InChI is InChI=1S/C14H22N2O2/c1-8-6-10(9(2)13(18)16-15)7-11(12(8)17)14(3,4)5/h6-7,9,17H,15H2,1-5H3,(H,16,18). The lowest BCUT2D eigenvalue weighted by atomic mass is 9.82. The van der Waals surface area contributed by atoms with Crippen molar-refractivity contribution in [2.45, 2.75) is 46.0 Å². The first-order valence-electron chi connectivity index (χ1n) is 6.03. The summed E-state index contributed by atoms with van der Waals surface area (Å²) in [7, 11) is 0. The van der Waals surface area contributed by atoms with Crippen molar-refractivity contribution < 1.29 is 9.90 Å². The number of hydrogen-bond donors (Lipinski definition) is 3. The molecule has 0 saturated carbocycles. The van der Waals surface area contributed by atoms with Gasteiger partial charge in [-0.25, -0.2) is 5.84 Å². The minimum absolute atomic E-state index is 0.177. The molecule has 1 amide bonds. The van der Waals surface area contributed by atoms with E-state index in [-0.39, 0.29) is 17.2 Å². The zero-order valence-electron chi connectivity index (χ0n) is 11.7. The molecule has 1 aromatic carbocycles. The van der Waals surface area contributed by atoms with Gasteiger partial charge in [-0.2, -0.15) is 0 Å². The monoisotopic (exact) mass is 250 g/mol. The van der Waals surface area contributed by atoms with E-state index in [1.807, 2.05) is 39.8 Å². The average molecular weight is 250 g/mol. The Labute approximate surface area is 108 Å². The summed E-state index contributed by atoms with van der Waals surface area (Å²) in [5.74, 6) is 4.88. The van der Waals surface area contributed by atoms with Gasteiger partial charge in [0.15, 0.2) is 0 Å². The second kappa shape index (κ2) is 4.98. The van der Waals surface area contributed by atoms with E-state index in [2.05, 4.69) is 5.43 Å². The SMILES string of the molecule is Cc1cc(C(C)C(=O)NN)cc(C(C)(C)C)c1O. The average Bonchev–Trinajstić information content (AvgIpc) is 2.28. The number of carbonyl (C=O) groups is 1. The number of carbonyl (C=O) groups excluding carboxylic acids is 1. The van der Waals surface area contributed by atoms with Crippen molar-refractivity contribution in [3.8, 4) is 5.75 Å². The summed E-state index contributed by atoms with van der Waals surface area (Å²) in [5, 5.41) is 10.1. The van der Waals surface area contributed by atoms with Gasteiger partial charge in [-0.1, -0.05) is 32.9 Å². The lowest BCUT2D eigenvalue weighted by Gasteiger charge is -2.23. The number of nitrogens with two attached hydrogens (primary N) is 1. The van der Waals surface area contributed by atoms with E-state index < -0.39 is 0 Å². The fourth-order valence-electron chi connectivity index (χ4n) is 1.91. The first-order valence-corrected chi connectivity index (χ1v) is 6.03. The van der Waals surface area contributed by atoms with Gasteiger partial charge in [0.05, 0.1) is 5.92 Å². The molecule has 4 nitrogen and oxygen atoms in total. The van der Waals surface area contributed by atoms with E-state index >= 15 is 0 Å². The Hall–Kier alpha value is -1.55. The zero-order valence-corrected chi connectivity index (χ0v) is 11.7. The molecule has 1 unspecified atom stereocenters. The van der Waals surface area contributed by atoms with Crippen molar-refractivity contribution in [1.82, 2.24) is 5.43 Å². The molecule has 1 aromatic rings. The molecule has 100 valence electrons. The second-order valence-corrected chi connectivity index (χ2v) is 5.71. The largest absolute Gasteiger partial charge is 0.507 e. The minimum Gasteiger partial charge on any atom is -0.507 e. The van der Waals surface area contributed by atoms with Gasteiger partial charge in [-0.15, -0.1) is 0 Å². The van der Waals surface area contributed by atoms with Crippen LogP contribution in [0.3, 0.4) is 0 Å². The number of hydrazine groups is 1. The topological polar surface area (TPSA) is 75.4 Å². The number of aryl methyl sites for hydroxylation is 1. The summed E-state index contributed by atoms with van der Waals surface area (Å²) < 4.78 is 0. The van der Waals surface area contributed by atoms with Crippen molar-refractivity contribution in [3.05, 3.63) is 28.8 Å². The minimum atomic E-state index is -0.338. The molecule has 0 radical (unpaired) electrons. The van der Waals surface area contributed by atoms with Crippen LogP contribution in [0.4, 0.5) is 0 Å². The van der Waals surface area contributed by atoms with Crippen LogP contribution in [0.5, 0.6) is 5.75 Å². The Morgan fingerprint density at radius 1 is 1.39 bits per heavy atom. The summed E-state index contributed by atoms with van der Waals surface area (Å²) in [5.41, 5.74) is 4.45. The molecule has 1 atom stereocenters. The number of phenolic OH excluding ortho intramolecular Hbond substituents is 1. The van der Waals surface area contributed by atoms with E-state index in [1.54, 1.807) is 6.92 Å². The summed E-state index contributed by atoms with van der Waals surface area (Å²) in [6.07, 6.45) is 0. The number of aromatic hydroxyl groups is 1. The third kappa shape index (κ3) is 2.82. The highest BCUT2D eigenvalue weighted by molar-refractivity contribution is 5.82. The fraction of sp³-hybridized carbons (Fsp3) is 0.500. The Balaban J connectivity index is 3.33. The number of rotatable bonds is 2. The van der Waals surface area contributed by atoms with Gasteiger partial charge < -0.3 is 5.11 Å². The Morgan fingerprint density at radius 3 is 2.39 bits per heavy atom. The van der Waals surface area contributed by atoms with Crippen LogP contribution in [0.1, 0.15) is 50.3 Å². The van der Waals surface area contributed by atoms with Gasteiger partial charge in [0, 0.05) is 0 Å². The number of nitrogens with one attached hydrogen (secondary N) is 1. The van der Waals surface area contributed by atoms with Crippen LogP contribution in [0.2, 0.25) is 0 Å². The first kappa shape index (κ1) is 14.5. The Bertz CT molecular complexity index is 462. The van der Waals surface area contributed by atoms with Crippen molar-refractivity contribution in [2.24, 2.45) is 5.84 Å². The number of phenols is 1. The van der Waals surface area contributed by atoms with Crippen molar-refractivity contribution in [1.29, 1.82) is 0 Å². The molecule has 0 fully saturated rings. The van der Waals surface area contributed by atoms with E-state index in [0.717, 1.165) is 16.7 Å². The molecule has 18 heavy (non-hydrogen) atoms. The van der Waals surface area contributed by atoms with Crippen LogP contribution in [0.15, 0.2) is 12.1 Å². The molecule has 4 N–H and O–H groups in total. The molecule has 4 heteroatoms. The smallest absolute Gasteiger partial charge is 0.241 e. The van der Waals surface area contributed by atoms with Crippen LogP contribution in [-0.2, 0) is 10.2 Å². The van der Waals surface area contributed by atoms with Crippen molar-refractivity contribution >= 4 is 5.91 Å². The fourth-order valence-corrected chi connectivity index (χ4v) is 1.91. The molecule has 0 aromatic heterocycles. The molecule has 1 rings (SSSR count). The maximum Gasteiger partial charge on any atom is 0.241 e. The van der Waals surface area contributed by atoms with Gasteiger partial charge in [0.25, 0.3) is 0 Å². The second-order valence-electron chi connectivity index (χ2n) is 5.71. The Morgan fingerprint density at radius 2 is 1.94 bits per heavy atom. The lowest BCUT2D eigenvalue weighted by molar-refractivity contribution is -0.122.